The summed E-state index contributed by atoms with van der Waals surface area (Å²) in [4.78, 5) is 21.6. The molecule has 0 aliphatic heterocycles. The minimum Gasteiger partial charge on any atom is -0.487 e. The van der Waals surface area contributed by atoms with E-state index >= 15 is 0 Å². The van der Waals surface area contributed by atoms with E-state index in [-0.39, 0.29) is 5.97 Å². The molecule has 0 aliphatic rings. The molecule has 0 unspecified atom stereocenters. The zero-order valence-corrected chi connectivity index (χ0v) is 23.8. The smallest absolute Gasteiger partial charge is 0.311 e. The number of hydrogen-bond donors (Lipinski definition) is 0. The number of carbonyl (C=O) groups excluding carboxylic acids is 1. The minimum absolute atomic E-state index is 0.236. The van der Waals surface area contributed by atoms with Gasteiger partial charge in [-0.2, -0.15) is 0 Å². The molecule has 0 fully saturated rings. The van der Waals surface area contributed by atoms with Crippen LogP contribution in [0.2, 0.25) is 0 Å². The molecule has 2 aromatic heterocycles. The summed E-state index contributed by atoms with van der Waals surface area (Å²) < 4.78 is 17.3. The maximum absolute atomic E-state index is 12.3. The van der Waals surface area contributed by atoms with Crippen LogP contribution in [0.3, 0.4) is 0 Å². The van der Waals surface area contributed by atoms with E-state index in [1.807, 2.05) is 72.8 Å². The first kappa shape index (κ1) is 27.9. The number of hydrogen-bond acceptors (Lipinski definition) is 6. The van der Waals surface area contributed by atoms with Crippen molar-refractivity contribution >= 4 is 27.8 Å². The molecule has 214 valence electrons. The standard InChI is InChI=1S/C37H32N2O4/c40-37(43-34-23-21-33(22-24-34)42-26-31-18-16-29-9-3-5-11-36(29)39-31)12-6-1-7-27-13-19-32(20-14-27)41-25-30-17-15-28-8-2-4-10-35(28)38-30/h2-5,8-11,13-24H,1,6-7,12,25-26H2. The molecule has 0 bridgehead atoms. The van der Waals surface area contributed by atoms with Crippen molar-refractivity contribution in [3.05, 3.63) is 138 Å². The Labute approximate surface area is 250 Å². The highest BCUT2D eigenvalue weighted by molar-refractivity contribution is 5.79. The molecule has 0 radical (unpaired) electrons. The van der Waals surface area contributed by atoms with Crippen LogP contribution in [0.5, 0.6) is 17.2 Å². The lowest BCUT2D eigenvalue weighted by molar-refractivity contribution is -0.134. The fraction of sp³-hybridized carbons (Fsp3) is 0.162. The number of aromatic nitrogens is 2. The van der Waals surface area contributed by atoms with Crippen molar-refractivity contribution < 1.29 is 19.0 Å². The maximum atomic E-state index is 12.3. The molecule has 43 heavy (non-hydrogen) atoms. The maximum Gasteiger partial charge on any atom is 0.311 e. The SMILES string of the molecule is O=C(CCCCc1ccc(OCc2ccc3ccccc3n2)cc1)Oc1ccc(OCc2ccc3ccccc3n2)cc1. The second-order valence-corrected chi connectivity index (χ2v) is 10.4. The quantitative estimate of drug-likeness (QED) is 0.0841. The number of nitrogens with zero attached hydrogens (tertiary/aromatic N) is 2. The number of rotatable bonds is 12. The molecule has 6 aromatic rings. The van der Waals surface area contributed by atoms with E-state index in [4.69, 9.17) is 14.2 Å². The molecule has 0 aliphatic carbocycles. The normalized spacial score (nSPS) is 11.0. The Hall–Kier alpha value is -5.23. The number of aryl methyl sites for hydroxylation is 1. The number of ether oxygens (including phenoxy) is 3. The van der Waals surface area contributed by atoms with E-state index in [9.17, 15) is 4.79 Å². The lowest BCUT2D eigenvalue weighted by Crippen LogP contribution is -2.07. The first-order valence-electron chi connectivity index (χ1n) is 14.5. The van der Waals surface area contributed by atoms with Crippen LogP contribution in [0, 0.1) is 0 Å². The van der Waals surface area contributed by atoms with Crippen molar-refractivity contribution in [3.63, 3.8) is 0 Å². The summed E-state index contributed by atoms with van der Waals surface area (Å²) in [5.41, 5.74) is 4.87. The van der Waals surface area contributed by atoms with Gasteiger partial charge in [0, 0.05) is 17.2 Å². The van der Waals surface area contributed by atoms with Gasteiger partial charge in [-0.15, -0.1) is 0 Å². The Morgan fingerprint density at radius 2 is 1.05 bits per heavy atom. The van der Waals surface area contributed by atoms with Gasteiger partial charge < -0.3 is 14.2 Å². The summed E-state index contributed by atoms with van der Waals surface area (Å²) in [6.45, 7) is 0.785. The predicted octanol–water partition coefficient (Wildman–Crippen LogP) is 8.26. The number of benzene rings is 4. The Bertz CT molecular complexity index is 1820. The third kappa shape index (κ3) is 7.74. The molecule has 0 spiro atoms. The zero-order chi connectivity index (χ0) is 29.3. The summed E-state index contributed by atoms with van der Waals surface area (Å²) >= 11 is 0. The van der Waals surface area contributed by atoms with Gasteiger partial charge in [0.25, 0.3) is 0 Å². The van der Waals surface area contributed by atoms with E-state index in [1.165, 1.54) is 5.56 Å². The monoisotopic (exact) mass is 568 g/mol. The zero-order valence-electron chi connectivity index (χ0n) is 23.8. The minimum atomic E-state index is -0.236. The number of pyridine rings is 2. The third-order valence-corrected chi connectivity index (χ3v) is 7.16. The van der Waals surface area contributed by atoms with Gasteiger partial charge in [-0.05, 0) is 85.5 Å². The van der Waals surface area contributed by atoms with Gasteiger partial charge >= 0.3 is 5.97 Å². The fourth-order valence-electron chi connectivity index (χ4n) is 4.83. The molecule has 0 saturated carbocycles. The summed E-state index contributed by atoms with van der Waals surface area (Å²) in [6.07, 6.45) is 2.90. The predicted molar refractivity (Wildman–Crippen MR) is 168 cm³/mol. The first-order valence-corrected chi connectivity index (χ1v) is 14.5. The average molecular weight is 569 g/mol. The first-order chi connectivity index (χ1) is 21.2. The number of unbranched alkanes of at least 4 members (excludes halogenated alkanes) is 1. The van der Waals surface area contributed by atoms with E-state index < -0.39 is 0 Å². The molecule has 2 heterocycles. The van der Waals surface area contributed by atoms with Gasteiger partial charge in [-0.3, -0.25) is 4.79 Å². The fourth-order valence-corrected chi connectivity index (χ4v) is 4.83. The number of esters is 1. The number of para-hydroxylation sites is 2. The van der Waals surface area contributed by atoms with Gasteiger partial charge in [0.1, 0.15) is 30.5 Å². The Morgan fingerprint density at radius 1 is 0.535 bits per heavy atom. The van der Waals surface area contributed by atoms with Crippen LogP contribution in [-0.4, -0.2) is 15.9 Å². The van der Waals surface area contributed by atoms with Crippen LogP contribution in [0.4, 0.5) is 0 Å². The van der Waals surface area contributed by atoms with E-state index in [2.05, 4.69) is 34.2 Å². The number of fused-ring (bicyclic) bond motifs is 2. The van der Waals surface area contributed by atoms with Crippen LogP contribution < -0.4 is 14.2 Å². The topological polar surface area (TPSA) is 70.5 Å². The number of carbonyl (C=O) groups is 1. The van der Waals surface area contributed by atoms with Gasteiger partial charge in [0.2, 0.25) is 0 Å². The molecular weight excluding hydrogens is 536 g/mol. The molecule has 6 heteroatoms. The van der Waals surface area contributed by atoms with Crippen molar-refractivity contribution in [2.45, 2.75) is 38.9 Å². The van der Waals surface area contributed by atoms with E-state index in [0.29, 0.717) is 31.1 Å². The van der Waals surface area contributed by atoms with Crippen molar-refractivity contribution in [3.8, 4) is 17.2 Å². The van der Waals surface area contributed by atoms with Crippen LogP contribution in [0.25, 0.3) is 21.8 Å². The second kappa shape index (κ2) is 13.6. The van der Waals surface area contributed by atoms with Crippen LogP contribution in [0.1, 0.15) is 36.2 Å². The highest BCUT2D eigenvalue weighted by atomic mass is 16.5. The summed E-state index contributed by atoms with van der Waals surface area (Å²) in [6, 6.07) is 39.3. The molecule has 0 amide bonds. The summed E-state index contributed by atoms with van der Waals surface area (Å²) in [5, 5.41) is 2.22. The Balaban J connectivity index is 0.884. The molecular formula is C37H32N2O4. The lowest BCUT2D eigenvalue weighted by atomic mass is 10.1. The van der Waals surface area contributed by atoms with Gasteiger partial charge in [0.15, 0.2) is 0 Å². The summed E-state index contributed by atoms with van der Waals surface area (Å²) in [5.74, 6) is 1.77. The molecule has 6 rings (SSSR count). The molecule has 4 aromatic carbocycles. The largest absolute Gasteiger partial charge is 0.487 e. The van der Waals surface area contributed by atoms with Crippen molar-refractivity contribution in [1.82, 2.24) is 9.97 Å². The molecule has 0 saturated heterocycles. The summed E-state index contributed by atoms with van der Waals surface area (Å²) in [7, 11) is 0. The van der Waals surface area contributed by atoms with Crippen LogP contribution in [0.15, 0.2) is 121 Å². The molecule has 0 N–H and O–H groups in total. The third-order valence-electron chi connectivity index (χ3n) is 7.16. The highest BCUT2D eigenvalue weighted by Gasteiger charge is 2.07. The van der Waals surface area contributed by atoms with Crippen molar-refractivity contribution in [2.75, 3.05) is 0 Å². The lowest BCUT2D eigenvalue weighted by Gasteiger charge is -2.09. The van der Waals surface area contributed by atoms with Gasteiger partial charge in [-0.25, -0.2) is 9.97 Å². The van der Waals surface area contributed by atoms with E-state index in [1.54, 1.807) is 24.3 Å². The second-order valence-electron chi connectivity index (χ2n) is 10.4. The van der Waals surface area contributed by atoms with Crippen molar-refractivity contribution in [2.24, 2.45) is 0 Å². The van der Waals surface area contributed by atoms with Gasteiger partial charge in [-0.1, -0.05) is 60.7 Å². The highest BCUT2D eigenvalue weighted by Crippen LogP contribution is 2.21. The molecule has 6 nitrogen and oxygen atoms in total. The Kier molecular flexibility index (Phi) is 8.84. The van der Waals surface area contributed by atoms with Crippen LogP contribution >= 0.6 is 0 Å². The van der Waals surface area contributed by atoms with E-state index in [0.717, 1.165) is 58.2 Å². The van der Waals surface area contributed by atoms with Crippen molar-refractivity contribution in [1.29, 1.82) is 0 Å². The average Bonchev–Trinajstić information content (AvgIpc) is 3.06. The van der Waals surface area contributed by atoms with Crippen LogP contribution in [-0.2, 0) is 24.4 Å². The molecule has 0 atom stereocenters. The van der Waals surface area contributed by atoms with Gasteiger partial charge in [0.05, 0.1) is 22.4 Å². The Morgan fingerprint density at radius 3 is 1.63 bits per heavy atom.